The predicted molar refractivity (Wildman–Crippen MR) is 88.2 cm³/mol. The highest BCUT2D eigenvalue weighted by molar-refractivity contribution is 5.58. The van der Waals surface area contributed by atoms with E-state index in [0.29, 0.717) is 12.1 Å². The molecule has 5 nitrogen and oxygen atoms in total. The fourth-order valence-corrected chi connectivity index (χ4v) is 3.93. The first-order valence-corrected chi connectivity index (χ1v) is 8.41. The first-order valence-electron chi connectivity index (χ1n) is 8.41. The smallest absolute Gasteiger partial charge is 0.270 e. The summed E-state index contributed by atoms with van der Waals surface area (Å²) >= 11 is 0. The predicted octanol–water partition coefficient (Wildman–Crippen LogP) is 2.82. The number of aromatic nitrogens is 1. The Morgan fingerprint density at radius 3 is 2.71 bits per heavy atom. The maximum absolute atomic E-state index is 9.53. The van der Waals surface area contributed by atoms with Crippen LogP contribution in [0.25, 0.3) is 0 Å². The van der Waals surface area contributed by atoms with Gasteiger partial charge in [0, 0.05) is 18.7 Å². The minimum absolute atomic E-state index is 0.585. The Hall–Kier alpha value is -2.74. The molecule has 2 aliphatic heterocycles. The van der Waals surface area contributed by atoms with E-state index >= 15 is 0 Å². The zero-order valence-corrected chi connectivity index (χ0v) is 13.3. The van der Waals surface area contributed by atoms with Gasteiger partial charge in [-0.05, 0) is 43.0 Å². The van der Waals surface area contributed by atoms with Crippen molar-refractivity contribution in [2.45, 2.75) is 31.5 Å². The number of rotatable bonds is 1. The molecular weight excluding hydrogens is 302 g/mol. The van der Waals surface area contributed by atoms with Gasteiger partial charge >= 0.3 is 0 Å². The van der Waals surface area contributed by atoms with Crippen LogP contribution in [0.3, 0.4) is 0 Å². The molecule has 5 rings (SSSR count). The molecule has 0 atom stereocenters. The van der Waals surface area contributed by atoms with E-state index in [4.69, 9.17) is 14.5 Å². The van der Waals surface area contributed by atoms with Crippen molar-refractivity contribution in [3.63, 3.8) is 0 Å². The molecule has 0 saturated carbocycles. The van der Waals surface area contributed by atoms with Crippen molar-refractivity contribution in [1.82, 2.24) is 4.98 Å². The molecule has 2 aromatic rings. The Morgan fingerprint density at radius 2 is 1.96 bits per heavy atom. The molecule has 3 heterocycles. The summed E-state index contributed by atoms with van der Waals surface area (Å²) in [4.78, 5) is 6.93. The summed E-state index contributed by atoms with van der Waals surface area (Å²) in [6.07, 6.45) is 3.92. The Morgan fingerprint density at radius 1 is 1.17 bits per heavy atom. The second-order valence-electron chi connectivity index (χ2n) is 6.66. The number of ether oxygens (including phenoxy) is 2. The zero-order valence-electron chi connectivity index (χ0n) is 13.3. The van der Waals surface area contributed by atoms with Crippen LogP contribution in [0.2, 0.25) is 0 Å². The molecule has 1 aliphatic carbocycles. The van der Waals surface area contributed by atoms with E-state index in [1.165, 1.54) is 5.56 Å². The minimum Gasteiger partial charge on any atom is -0.447 e. The highest BCUT2D eigenvalue weighted by atomic mass is 16.7. The molecule has 1 saturated heterocycles. The van der Waals surface area contributed by atoms with Crippen molar-refractivity contribution in [3.8, 4) is 17.6 Å². The standard InChI is InChI=1S/C19H17N3O2/c20-11-14-10-13-4-3-5-15(13)21-18(14)22-9-8-19(12-22)23-16-6-1-2-7-17(16)24-19/h1-2,6-7,10H,3-5,8-9,12H2. The van der Waals surface area contributed by atoms with Crippen molar-refractivity contribution in [2.75, 3.05) is 18.0 Å². The van der Waals surface area contributed by atoms with Gasteiger partial charge in [0.1, 0.15) is 11.9 Å². The molecule has 3 aliphatic rings. The van der Waals surface area contributed by atoms with Gasteiger partial charge in [-0.1, -0.05) is 12.1 Å². The van der Waals surface area contributed by atoms with Crippen molar-refractivity contribution < 1.29 is 9.47 Å². The fraction of sp³-hybridized carbons (Fsp3) is 0.368. The van der Waals surface area contributed by atoms with Crippen LogP contribution < -0.4 is 14.4 Å². The molecule has 0 bridgehead atoms. The number of para-hydroxylation sites is 2. The summed E-state index contributed by atoms with van der Waals surface area (Å²) in [5.41, 5.74) is 3.02. The summed E-state index contributed by atoms with van der Waals surface area (Å²) in [7, 11) is 0. The van der Waals surface area contributed by atoms with Crippen molar-refractivity contribution in [2.24, 2.45) is 0 Å². The van der Waals surface area contributed by atoms with E-state index in [9.17, 15) is 5.26 Å². The molecule has 5 heteroatoms. The van der Waals surface area contributed by atoms with Crippen LogP contribution in [0, 0.1) is 11.3 Å². The van der Waals surface area contributed by atoms with Crippen molar-refractivity contribution in [1.29, 1.82) is 5.26 Å². The van der Waals surface area contributed by atoms with E-state index < -0.39 is 5.79 Å². The number of fused-ring (bicyclic) bond motifs is 2. The number of hydrogen-bond donors (Lipinski definition) is 0. The van der Waals surface area contributed by atoms with E-state index in [-0.39, 0.29) is 0 Å². The second kappa shape index (κ2) is 4.88. The van der Waals surface area contributed by atoms with E-state index in [1.54, 1.807) is 0 Å². The Balaban J connectivity index is 1.46. The highest BCUT2D eigenvalue weighted by Gasteiger charge is 2.48. The fourth-order valence-electron chi connectivity index (χ4n) is 3.93. The highest BCUT2D eigenvalue weighted by Crippen LogP contribution is 2.44. The summed E-state index contributed by atoms with van der Waals surface area (Å²) < 4.78 is 12.2. The lowest BCUT2D eigenvalue weighted by molar-refractivity contribution is -0.0577. The maximum Gasteiger partial charge on any atom is 0.270 e. The quantitative estimate of drug-likeness (QED) is 0.809. The summed E-state index contributed by atoms with van der Waals surface area (Å²) in [6.45, 7) is 1.36. The van der Waals surface area contributed by atoms with Crippen LogP contribution in [0.4, 0.5) is 5.82 Å². The van der Waals surface area contributed by atoms with Gasteiger partial charge in [-0.25, -0.2) is 4.98 Å². The van der Waals surface area contributed by atoms with Crippen LogP contribution in [0.1, 0.15) is 29.7 Å². The van der Waals surface area contributed by atoms with Crippen LogP contribution >= 0.6 is 0 Å². The number of benzene rings is 1. The number of aryl methyl sites for hydroxylation is 2. The van der Waals surface area contributed by atoms with Crippen LogP contribution in [-0.4, -0.2) is 23.9 Å². The van der Waals surface area contributed by atoms with Crippen LogP contribution in [0.5, 0.6) is 11.5 Å². The van der Waals surface area contributed by atoms with Crippen LogP contribution in [-0.2, 0) is 12.8 Å². The average molecular weight is 319 g/mol. The molecule has 24 heavy (non-hydrogen) atoms. The number of nitriles is 1. The maximum atomic E-state index is 9.53. The molecule has 0 unspecified atom stereocenters. The molecule has 1 spiro atoms. The third kappa shape index (κ3) is 1.96. The monoisotopic (exact) mass is 319 g/mol. The second-order valence-corrected chi connectivity index (χ2v) is 6.66. The van der Waals surface area contributed by atoms with E-state index in [0.717, 1.165) is 55.2 Å². The summed E-state index contributed by atoms with van der Waals surface area (Å²) in [5.74, 6) is 1.71. The van der Waals surface area contributed by atoms with Gasteiger partial charge in [-0.15, -0.1) is 0 Å². The first kappa shape index (κ1) is 13.7. The molecule has 1 aromatic carbocycles. The number of pyridine rings is 1. The first-order chi connectivity index (χ1) is 11.8. The van der Waals surface area contributed by atoms with Gasteiger partial charge in [0.25, 0.3) is 5.79 Å². The third-order valence-electron chi connectivity index (χ3n) is 5.09. The van der Waals surface area contributed by atoms with Gasteiger partial charge in [0.15, 0.2) is 11.5 Å². The molecule has 0 radical (unpaired) electrons. The van der Waals surface area contributed by atoms with E-state index in [2.05, 4.69) is 11.0 Å². The Bertz CT molecular complexity index is 846. The third-order valence-corrected chi connectivity index (χ3v) is 5.09. The molecule has 0 amide bonds. The van der Waals surface area contributed by atoms with Gasteiger partial charge in [0.05, 0.1) is 12.1 Å². The van der Waals surface area contributed by atoms with Crippen molar-refractivity contribution in [3.05, 3.63) is 47.2 Å². The van der Waals surface area contributed by atoms with Crippen molar-refractivity contribution >= 4 is 5.82 Å². The van der Waals surface area contributed by atoms with E-state index in [1.807, 2.05) is 30.3 Å². The molecule has 0 N–H and O–H groups in total. The minimum atomic E-state index is -0.656. The number of anilines is 1. The largest absolute Gasteiger partial charge is 0.447 e. The molecule has 1 aromatic heterocycles. The molecule has 1 fully saturated rings. The lowest BCUT2D eigenvalue weighted by Crippen LogP contribution is -2.41. The van der Waals surface area contributed by atoms with Gasteiger partial charge < -0.3 is 14.4 Å². The Labute approximate surface area is 140 Å². The molecule has 120 valence electrons. The normalized spacial score (nSPS) is 19.5. The average Bonchev–Trinajstić information content (AvgIpc) is 3.31. The van der Waals surface area contributed by atoms with Gasteiger partial charge in [-0.3, -0.25) is 0 Å². The lowest BCUT2D eigenvalue weighted by atomic mass is 10.1. The summed E-state index contributed by atoms with van der Waals surface area (Å²) in [5, 5.41) is 9.53. The lowest BCUT2D eigenvalue weighted by Gasteiger charge is -2.24. The SMILES string of the molecule is N#Cc1cc2c(nc1N1CCC3(C1)Oc1ccccc1O3)CCC2. The van der Waals surface area contributed by atoms with Gasteiger partial charge in [0.2, 0.25) is 0 Å². The summed E-state index contributed by atoms with van der Waals surface area (Å²) in [6, 6.07) is 12.1. The Kier molecular flexibility index (Phi) is 2.78. The zero-order chi connectivity index (χ0) is 16.1. The molecular formula is C19H17N3O2. The topological polar surface area (TPSA) is 58.4 Å². The number of hydrogen-bond acceptors (Lipinski definition) is 5. The number of nitrogens with zero attached hydrogens (tertiary/aromatic N) is 3. The van der Waals surface area contributed by atoms with Gasteiger partial charge in [-0.2, -0.15) is 5.26 Å². The van der Waals surface area contributed by atoms with Crippen LogP contribution in [0.15, 0.2) is 30.3 Å².